The summed E-state index contributed by atoms with van der Waals surface area (Å²) in [4.78, 5) is 4.56. The summed E-state index contributed by atoms with van der Waals surface area (Å²) in [6.45, 7) is 6.35. The van der Waals surface area contributed by atoms with Gasteiger partial charge >= 0.3 is 0 Å². The van der Waals surface area contributed by atoms with Crippen LogP contribution in [0.2, 0.25) is 0 Å². The normalized spacial score (nSPS) is 11.2. The van der Waals surface area contributed by atoms with E-state index in [1.165, 1.54) is 11.1 Å². The molecule has 0 atom stereocenters. The Morgan fingerprint density at radius 1 is 0.345 bits per heavy atom. The van der Waals surface area contributed by atoms with Gasteiger partial charge in [-0.3, -0.25) is 0 Å². The highest BCUT2D eigenvalue weighted by atomic mass is 16.5. The molecule has 4 nitrogen and oxygen atoms in total. The van der Waals surface area contributed by atoms with Gasteiger partial charge in [0.2, 0.25) is 0 Å². The Balaban J connectivity index is 1.03. The van der Waals surface area contributed by atoms with E-state index >= 15 is 0 Å². The lowest BCUT2D eigenvalue weighted by atomic mass is 10.1. The van der Waals surface area contributed by atoms with Crippen molar-refractivity contribution in [2.45, 2.75) is 20.8 Å². The van der Waals surface area contributed by atoms with Crippen LogP contribution in [0.1, 0.15) is 38.9 Å². The Morgan fingerprint density at radius 3 is 1.02 bits per heavy atom. The van der Waals surface area contributed by atoms with Gasteiger partial charge < -0.3 is 19.3 Å². The Labute approximate surface area is 325 Å². The number of hydrogen-bond donors (Lipinski definition) is 0. The van der Waals surface area contributed by atoms with Crippen molar-refractivity contribution in [2.75, 3.05) is 24.0 Å². The van der Waals surface area contributed by atoms with Gasteiger partial charge in [0.25, 0.3) is 0 Å². The lowest BCUT2D eigenvalue weighted by molar-refractivity contribution is 0.414. The Bertz CT molecular complexity index is 2380. The largest absolute Gasteiger partial charge is 0.497 e. The van der Waals surface area contributed by atoms with Gasteiger partial charge in [-0.2, -0.15) is 0 Å². The van der Waals surface area contributed by atoms with Crippen LogP contribution < -0.4 is 19.3 Å². The first-order chi connectivity index (χ1) is 26.9. The number of aryl methyl sites for hydroxylation is 3. The Kier molecular flexibility index (Phi) is 11.2. The molecule has 0 spiro atoms. The molecule has 0 N–H and O–H groups in total. The molecule has 0 aliphatic rings. The summed E-state index contributed by atoms with van der Waals surface area (Å²) in [5.74, 6) is 1.69. The standard InChI is InChI=1S/C51H46N2O2/c1-37-6-22-44(23-7-37)52(46-30-32-49(54-4)33-31-46)45-26-18-42(19-27-45)16-14-40-10-12-41(13-11-40)15-17-43-20-28-48(29-21-43)53(47-24-8-38(2)9-25-47)51-35-34-50(55-5)36-39(51)3/h6-36H,1-5H3/b16-14+,17-15+. The minimum absolute atomic E-state index is 0.838. The Hall–Kier alpha value is -6.78. The third kappa shape index (κ3) is 8.89. The van der Waals surface area contributed by atoms with Gasteiger partial charge in [0.1, 0.15) is 11.5 Å². The smallest absolute Gasteiger partial charge is 0.119 e. The molecule has 55 heavy (non-hydrogen) atoms. The van der Waals surface area contributed by atoms with Gasteiger partial charge in [0, 0.05) is 34.1 Å². The Morgan fingerprint density at radius 2 is 0.655 bits per heavy atom. The van der Waals surface area contributed by atoms with E-state index in [4.69, 9.17) is 9.47 Å². The molecule has 0 radical (unpaired) electrons. The second kappa shape index (κ2) is 16.9. The maximum atomic E-state index is 5.48. The number of benzene rings is 7. The van der Waals surface area contributed by atoms with E-state index in [2.05, 4.69) is 200 Å². The number of methoxy groups -OCH3 is 2. The van der Waals surface area contributed by atoms with Crippen LogP contribution in [0, 0.1) is 20.8 Å². The maximum Gasteiger partial charge on any atom is 0.119 e. The summed E-state index contributed by atoms with van der Waals surface area (Å²) in [6.07, 6.45) is 8.64. The highest BCUT2D eigenvalue weighted by Crippen LogP contribution is 2.38. The van der Waals surface area contributed by atoms with Crippen LogP contribution in [0.3, 0.4) is 0 Å². The molecular weight excluding hydrogens is 673 g/mol. The minimum atomic E-state index is 0.838. The monoisotopic (exact) mass is 718 g/mol. The average molecular weight is 719 g/mol. The second-order valence-corrected chi connectivity index (χ2v) is 13.7. The second-order valence-electron chi connectivity index (χ2n) is 13.7. The van der Waals surface area contributed by atoms with Crippen LogP contribution in [0.25, 0.3) is 24.3 Å². The van der Waals surface area contributed by atoms with Gasteiger partial charge in [-0.25, -0.2) is 0 Å². The third-order valence-electron chi connectivity index (χ3n) is 9.74. The fourth-order valence-corrected chi connectivity index (χ4v) is 6.57. The van der Waals surface area contributed by atoms with E-state index in [9.17, 15) is 0 Å². The van der Waals surface area contributed by atoms with Crippen molar-refractivity contribution in [1.82, 2.24) is 0 Å². The van der Waals surface area contributed by atoms with Crippen LogP contribution in [0.15, 0.2) is 164 Å². The summed E-state index contributed by atoms with van der Waals surface area (Å²) in [5, 5.41) is 0. The minimum Gasteiger partial charge on any atom is -0.497 e. The molecule has 272 valence electrons. The van der Waals surface area contributed by atoms with E-state index in [0.29, 0.717) is 0 Å². The van der Waals surface area contributed by atoms with E-state index in [0.717, 1.165) is 73.4 Å². The molecule has 7 aromatic rings. The number of rotatable bonds is 12. The molecule has 0 bridgehead atoms. The van der Waals surface area contributed by atoms with Crippen molar-refractivity contribution in [3.63, 3.8) is 0 Å². The fraction of sp³-hybridized carbons (Fsp3) is 0.0980. The molecule has 0 aliphatic carbocycles. The molecule has 0 aromatic heterocycles. The molecule has 0 aliphatic heterocycles. The van der Waals surface area contributed by atoms with Crippen LogP contribution >= 0.6 is 0 Å². The number of anilines is 6. The average Bonchev–Trinajstić information content (AvgIpc) is 3.23. The summed E-state index contributed by atoms with van der Waals surface area (Å²) >= 11 is 0. The van der Waals surface area contributed by atoms with Crippen molar-refractivity contribution in [2.24, 2.45) is 0 Å². The van der Waals surface area contributed by atoms with Crippen molar-refractivity contribution in [3.05, 3.63) is 203 Å². The number of nitrogens with zero attached hydrogens (tertiary/aromatic N) is 2. The summed E-state index contributed by atoms with van der Waals surface area (Å²) in [5.41, 5.74) is 14.8. The fourth-order valence-electron chi connectivity index (χ4n) is 6.57. The zero-order chi connectivity index (χ0) is 38.1. The van der Waals surface area contributed by atoms with Crippen LogP contribution in [-0.4, -0.2) is 14.2 Å². The van der Waals surface area contributed by atoms with Gasteiger partial charge in [-0.1, -0.05) is 108 Å². The highest BCUT2D eigenvalue weighted by molar-refractivity contribution is 5.81. The third-order valence-corrected chi connectivity index (χ3v) is 9.74. The van der Waals surface area contributed by atoms with Crippen molar-refractivity contribution >= 4 is 58.4 Å². The van der Waals surface area contributed by atoms with E-state index < -0.39 is 0 Å². The first kappa shape index (κ1) is 36.6. The van der Waals surface area contributed by atoms with Crippen LogP contribution in [-0.2, 0) is 0 Å². The number of hydrogen-bond acceptors (Lipinski definition) is 4. The van der Waals surface area contributed by atoms with Gasteiger partial charge in [0.05, 0.1) is 14.2 Å². The zero-order valence-corrected chi connectivity index (χ0v) is 32.1. The molecule has 0 heterocycles. The van der Waals surface area contributed by atoms with Crippen molar-refractivity contribution in [3.8, 4) is 11.5 Å². The lowest BCUT2D eigenvalue weighted by Gasteiger charge is -2.27. The summed E-state index contributed by atoms with van der Waals surface area (Å²) < 4.78 is 10.9. The molecule has 0 saturated heterocycles. The van der Waals surface area contributed by atoms with Crippen molar-refractivity contribution < 1.29 is 9.47 Å². The van der Waals surface area contributed by atoms with E-state index in [1.54, 1.807) is 14.2 Å². The summed E-state index contributed by atoms with van der Waals surface area (Å²) in [7, 11) is 3.40. The first-order valence-electron chi connectivity index (χ1n) is 18.6. The molecule has 0 unspecified atom stereocenters. The van der Waals surface area contributed by atoms with Crippen LogP contribution in [0.4, 0.5) is 34.1 Å². The summed E-state index contributed by atoms with van der Waals surface area (Å²) in [6, 6.07) is 57.7. The molecular formula is C51H46N2O2. The van der Waals surface area contributed by atoms with E-state index in [-0.39, 0.29) is 0 Å². The van der Waals surface area contributed by atoms with E-state index in [1.807, 2.05) is 18.2 Å². The van der Waals surface area contributed by atoms with Gasteiger partial charge in [-0.05, 0) is 140 Å². The zero-order valence-electron chi connectivity index (χ0n) is 32.1. The predicted molar refractivity (Wildman–Crippen MR) is 234 cm³/mol. The maximum absolute atomic E-state index is 5.48. The molecule has 4 heteroatoms. The quantitative estimate of drug-likeness (QED) is 0.117. The number of ether oxygens (including phenoxy) is 2. The molecule has 0 amide bonds. The van der Waals surface area contributed by atoms with Crippen molar-refractivity contribution in [1.29, 1.82) is 0 Å². The SMILES string of the molecule is COc1ccc(N(c2ccc(C)cc2)c2ccc(/C=C/c3ccc(/C=C/c4ccc(N(c5ccc(C)cc5)c5ccc(OC)cc5C)cc4)cc3)cc2)cc1. The molecule has 7 aromatic carbocycles. The highest BCUT2D eigenvalue weighted by Gasteiger charge is 2.16. The lowest BCUT2D eigenvalue weighted by Crippen LogP contribution is -2.11. The van der Waals surface area contributed by atoms with Crippen LogP contribution in [0.5, 0.6) is 11.5 Å². The molecule has 0 fully saturated rings. The first-order valence-corrected chi connectivity index (χ1v) is 18.6. The van der Waals surface area contributed by atoms with Gasteiger partial charge in [0.15, 0.2) is 0 Å². The van der Waals surface area contributed by atoms with Gasteiger partial charge in [-0.15, -0.1) is 0 Å². The molecule has 7 rings (SSSR count). The topological polar surface area (TPSA) is 24.9 Å². The predicted octanol–water partition coefficient (Wildman–Crippen LogP) is 13.9. The molecule has 0 saturated carbocycles.